The molecule has 0 aromatic rings. The predicted octanol–water partition coefficient (Wildman–Crippen LogP) is 19.7. The van der Waals surface area contributed by atoms with Crippen molar-refractivity contribution in [3.63, 3.8) is 0 Å². The lowest BCUT2D eigenvalue weighted by Crippen LogP contribution is -2.30. The van der Waals surface area contributed by atoms with E-state index in [4.69, 9.17) is 14.2 Å². The Kier molecular flexibility index (Phi) is 54.9. The molecule has 1 atom stereocenters. The van der Waals surface area contributed by atoms with Crippen LogP contribution in [-0.4, -0.2) is 37.2 Å². The molecule has 0 radical (unpaired) electrons. The molecule has 0 saturated carbocycles. The number of carbonyl (C=O) groups excluding carboxylic acids is 3. The van der Waals surface area contributed by atoms with Crippen molar-refractivity contribution in [1.29, 1.82) is 0 Å². The fourth-order valence-electron chi connectivity index (χ4n) is 8.01. The van der Waals surface area contributed by atoms with Crippen LogP contribution in [0.1, 0.15) is 271 Å². The largest absolute Gasteiger partial charge is 0.462 e. The van der Waals surface area contributed by atoms with Crippen molar-refractivity contribution in [2.75, 3.05) is 13.2 Å². The average molecular weight is 974 g/mol. The second-order valence-electron chi connectivity index (χ2n) is 19.1. The van der Waals surface area contributed by atoms with Gasteiger partial charge in [0.25, 0.3) is 0 Å². The van der Waals surface area contributed by atoms with Crippen LogP contribution in [0.25, 0.3) is 0 Å². The first-order valence-corrected chi connectivity index (χ1v) is 29.2. The number of hydrogen-bond donors (Lipinski definition) is 0. The van der Waals surface area contributed by atoms with Gasteiger partial charge in [-0.05, 0) is 96.3 Å². The van der Waals surface area contributed by atoms with E-state index in [1.165, 1.54) is 109 Å². The molecule has 400 valence electrons. The predicted molar refractivity (Wildman–Crippen MR) is 302 cm³/mol. The number of hydrogen-bond acceptors (Lipinski definition) is 6. The zero-order valence-corrected chi connectivity index (χ0v) is 45.8. The highest BCUT2D eigenvalue weighted by molar-refractivity contribution is 5.71. The molecule has 0 aliphatic heterocycles. The highest BCUT2D eigenvalue weighted by atomic mass is 16.6. The number of unbranched alkanes of at least 4 members (excludes halogenated alkanes) is 25. The maximum atomic E-state index is 12.9. The zero-order chi connectivity index (χ0) is 50.7. The van der Waals surface area contributed by atoms with Gasteiger partial charge >= 0.3 is 17.9 Å². The maximum absolute atomic E-state index is 12.9. The van der Waals surface area contributed by atoms with E-state index in [0.717, 1.165) is 122 Å². The van der Waals surface area contributed by atoms with Gasteiger partial charge in [-0.25, -0.2) is 0 Å². The zero-order valence-electron chi connectivity index (χ0n) is 45.8. The van der Waals surface area contributed by atoms with Gasteiger partial charge in [-0.15, -0.1) is 0 Å². The summed E-state index contributed by atoms with van der Waals surface area (Å²) in [6.45, 7) is 6.40. The molecule has 0 saturated heterocycles. The smallest absolute Gasteiger partial charge is 0.306 e. The average Bonchev–Trinajstić information content (AvgIpc) is 3.36. The molecular weight excluding hydrogens is 865 g/mol. The van der Waals surface area contributed by atoms with Crippen molar-refractivity contribution in [3.8, 4) is 0 Å². The van der Waals surface area contributed by atoms with Gasteiger partial charge in [0, 0.05) is 19.3 Å². The van der Waals surface area contributed by atoms with Gasteiger partial charge in [0.05, 0.1) is 0 Å². The monoisotopic (exact) mass is 973 g/mol. The standard InChI is InChI=1S/C64H108O6/c1-4-7-10-13-16-19-22-25-28-31-32-34-36-39-42-45-48-51-54-57-63(66)69-60-61(59-68-62(65)56-53-50-47-44-41-38-35-30-27-24-21-18-15-12-9-6-3)70-64(67)58-55-52-49-46-43-40-37-33-29-26-23-20-17-14-11-8-5-2/h7-8,10-11,16-17,19-20,25-26,28-29,32,34,39,42,61H,4-6,9,12-15,18,21-24,27,30-31,33,35-38,40-41,43-60H2,1-3H3/b10-7-,11-8-,19-16-,20-17-,28-25-,29-26-,34-32-,42-39-. The summed E-state index contributed by atoms with van der Waals surface area (Å²) in [5.74, 6) is -0.928. The van der Waals surface area contributed by atoms with Crippen LogP contribution < -0.4 is 0 Å². The van der Waals surface area contributed by atoms with Gasteiger partial charge in [0.1, 0.15) is 13.2 Å². The molecule has 70 heavy (non-hydrogen) atoms. The third-order valence-electron chi connectivity index (χ3n) is 12.3. The van der Waals surface area contributed by atoms with Crippen molar-refractivity contribution in [1.82, 2.24) is 0 Å². The molecule has 0 aliphatic carbocycles. The Morgan fingerprint density at radius 3 is 0.886 bits per heavy atom. The lowest BCUT2D eigenvalue weighted by Gasteiger charge is -2.18. The molecule has 0 aromatic carbocycles. The van der Waals surface area contributed by atoms with E-state index in [1.807, 2.05) is 0 Å². The highest BCUT2D eigenvalue weighted by Gasteiger charge is 2.19. The van der Waals surface area contributed by atoms with Crippen molar-refractivity contribution in [3.05, 3.63) is 97.2 Å². The molecule has 0 spiro atoms. The number of carbonyl (C=O) groups is 3. The van der Waals surface area contributed by atoms with E-state index in [0.29, 0.717) is 19.3 Å². The van der Waals surface area contributed by atoms with Crippen LogP contribution in [0, 0.1) is 0 Å². The number of allylic oxidation sites excluding steroid dienone is 16. The Bertz CT molecular complexity index is 1400. The summed E-state index contributed by atoms with van der Waals surface area (Å²) >= 11 is 0. The van der Waals surface area contributed by atoms with Crippen molar-refractivity contribution < 1.29 is 28.6 Å². The molecule has 0 bridgehead atoms. The van der Waals surface area contributed by atoms with E-state index >= 15 is 0 Å². The minimum absolute atomic E-state index is 0.0908. The lowest BCUT2D eigenvalue weighted by atomic mass is 10.0. The normalized spacial score (nSPS) is 12.8. The van der Waals surface area contributed by atoms with E-state index in [1.54, 1.807) is 0 Å². The summed E-state index contributed by atoms with van der Waals surface area (Å²) in [4.78, 5) is 38.2. The van der Waals surface area contributed by atoms with Crippen LogP contribution in [0.5, 0.6) is 0 Å². The summed E-state index contributed by atoms with van der Waals surface area (Å²) in [7, 11) is 0. The second kappa shape index (κ2) is 57.9. The van der Waals surface area contributed by atoms with Gasteiger partial charge in [-0.1, -0.05) is 253 Å². The summed E-state index contributed by atoms with van der Waals surface area (Å²) in [5.41, 5.74) is 0. The van der Waals surface area contributed by atoms with Crippen molar-refractivity contribution in [2.24, 2.45) is 0 Å². The van der Waals surface area contributed by atoms with Crippen LogP contribution in [0.3, 0.4) is 0 Å². The highest BCUT2D eigenvalue weighted by Crippen LogP contribution is 2.16. The Hall–Kier alpha value is -3.67. The molecular formula is C64H108O6. The molecule has 0 rings (SSSR count). The summed E-state index contributed by atoms with van der Waals surface area (Å²) in [6, 6.07) is 0. The molecule has 0 amide bonds. The Balaban J connectivity index is 4.46. The Morgan fingerprint density at radius 1 is 0.300 bits per heavy atom. The van der Waals surface area contributed by atoms with Crippen molar-refractivity contribution in [2.45, 2.75) is 277 Å². The first kappa shape index (κ1) is 66.3. The topological polar surface area (TPSA) is 78.9 Å². The van der Waals surface area contributed by atoms with E-state index in [2.05, 4.69) is 118 Å². The fourth-order valence-corrected chi connectivity index (χ4v) is 8.01. The first-order valence-electron chi connectivity index (χ1n) is 29.2. The third kappa shape index (κ3) is 55.3. The van der Waals surface area contributed by atoms with Gasteiger partial charge in [0.15, 0.2) is 6.10 Å². The van der Waals surface area contributed by atoms with Crippen LogP contribution in [-0.2, 0) is 28.6 Å². The quantitative estimate of drug-likeness (QED) is 0.0262. The number of esters is 3. The Morgan fingerprint density at radius 2 is 0.557 bits per heavy atom. The van der Waals surface area contributed by atoms with Gasteiger partial charge in [-0.2, -0.15) is 0 Å². The molecule has 1 unspecified atom stereocenters. The van der Waals surface area contributed by atoms with E-state index in [9.17, 15) is 14.4 Å². The van der Waals surface area contributed by atoms with Crippen LogP contribution in [0.2, 0.25) is 0 Å². The molecule has 0 N–H and O–H groups in total. The van der Waals surface area contributed by atoms with Gasteiger partial charge in [-0.3, -0.25) is 14.4 Å². The van der Waals surface area contributed by atoms with E-state index in [-0.39, 0.29) is 31.1 Å². The maximum Gasteiger partial charge on any atom is 0.306 e. The lowest BCUT2D eigenvalue weighted by molar-refractivity contribution is -0.167. The molecule has 6 nitrogen and oxygen atoms in total. The second-order valence-corrected chi connectivity index (χ2v) is 19.1. The van der Waals surface area contributed by atoms with Crippen LogP contribution >= 0.6 is 0 Å². The molecule has 0 fully saturated rings. The summed E-state index contributed by atoms with van der Waals surface area (Å²) in [6.07, 6.45) is 76.8. The number of ether oxygens (including phenoxy) is 3. The fraction of sp³-hybridized carbons (Fsp3) is 0.703. The molecule has 6 heteroatoms. The summed E-state index contributed by atoms with van der Waals surface area (Å²) in [5, 5.41) is 0. The van der Waals surface area contributed by atoms with Crippen molar-refractivity contribution >= 4 is 17.9 Å². The minimum Gasteiger partial charge on any atom is -0.462 e. The third-order valence-corrected chi connectivity index (χ3v) is 12.3. The van der Waals surface area contributed by atoms with Gasteiger partial charge in [0.2, 0.25) is 0 Å². The van der Waals surface area contributed by atoms with E-state index < -0.39 is 6.10 Å². The number of rotatable bonds is 52. The Labute approximate surface area is 432 Å². The summed E-state index contributed by atoms with van der Waals surface area (Å²) < 4.78 is 16.9. The SMILES string of the molecule is CC/C=C\C/C=C\C/C=C\C/C=C\C/C=C\CCCCCC(=O)OCC(COC(=O)CCCCCCCCCCCCCCCCCC)OC(=O)CCCCCCCCC/C=C\C/C=C\C/C=C\CC. The van der Waals surface area contributed by atoms with Crippen LogP contribution in [0.4, 0.5) is 0 Å². The molecule has 0 aromatic heterocycles. The minimum atomic E-state index is -0.797. The molecule has 0 heterocycles. The van der Waals surface area contributed by atoms with Crippen LogP contribution in [0.15, 0.2) is 97.2 Å². The molecule has 0 aliphatic rings. The first-order chi connectivity index (χ1) is 34.5. The van der Waals surface area contributed by atoms with Gasteiger partial charge < -0.3 is 14.2 Å².